The summed E-state index contributed by atoms with van der Waals surface area (Å²) in [5.41, 5.74) is 3.27. The third kappa shape index (κ3) is 11.2. The Balaban J connectivity index is 1.64. The average Bonchev–Trinajstić information content (AvgIpc) is 2.93. The Morgan fingerprint density at radius 2 is 1.39 bits per heavy atom. The number of carbonyl (C=O) groups is 1. The molecule has 0 aliphatic carbocycles. The lowest BCUT2D eigenvalue weighted by Gasteiger charge is -2.39. The second-order valence-electron chi connectivity index (χ2n) is 16.7. The van der Waals surface area contributed by atoms with Gasteiger partial charge >= 0.3 is 0 Å². The van der Waals surface area contributed by atoms with Crippen molar-refractivity contribution in [3.63, 3.8) is 0 Å². The minimum absolute atomic E-state index is 0.0702. The van der Waals surface area contributed by atoms with E-state index < -0.39 is 22.9 Å². The molecule has 1 saturated heterocycles. The van der Waals surface area contributed by atoms with Gasteiger partial charge in [-0.3, -0.25) is 4.79 Å². The predicted molar refractivity (Wildman–Crippen MR) is 199 cm³/mol. The van der Waals surface area contributed by atoms with Crippen LogP contribution < -0.4 is 8.85 Å². The normalized spacial score (nSPS) is 17.0. The van der Waals surface area contributed by atoms with Crippen LogP contribution in [0.15, 0.2) is 42.5 Å². The Labute approximate surface area is 282 Å². The van der Waals surface area contributed by atoms with E-state index in [9.17, 15) is 4.79 Å². The highest BCUT2D eigenvalue weighted by molar-refractivity contribution is 6.75. The molecule has 1 aliphatic rings. The van der Waals surface area contributed by atoms with Gasteiger partial charge in [0.15, 0.2) is 5.78 Å². The van der Waals surface area contributed by atoms with Gasteiger partial charge in [-0.25, -0.2) is 0 Å². The van der Waals surface area contributed by atoms with Crippen molar-refractivity contribution < 1.29 is 23.1 Å². The number of ketones is 1. The standard InChI is InChI=1S/C39H62O5Si2/c1-37(2,3)45(9,10)43-34-25-24-32(29-35(34)44-46(11,12)38(4,5)6)23-22-31-20-16-19-30(28-31)18-14-13-15-26-39(7,8)42-36-33(40)21-17-27-41-36/h16,19-20,22-25,28-29,36H,13-15,17-18,21,26-27H2,1-12H3. The van der Waals surface area contributed by atoms with E-state index in [0.717, 1.165) is 55.6 Å². The smallest absolute Gasteiger partial charge is 0.250 e. The zero-order chi connectivity index (χ0) is 34.4. The van der Waals surface area contributed by atoms with Crippen LogP contribution in [0, 0.1) is 0 Å². The van der Waals surface area contributed by atoms with Crippen LogP contribution in [0.3, 0.4) is 0 Å². The van der Waals surface area contributed by atoms with Crippen molar-refractivity contribution in [3.05, 3.63) is 59.2 Å². The van der Waals surface area contributed by atoms with Gasteiger partial charge in [0.05, 0.1) is 12.2 Å². The van der Waals surface area contributed by atoms with E-state index in [1.165, 1.54) is 11.1 Å². The van der Waals surface area contributed by atoms with Gasteiger partial charge in [0, 0.05) is 6.42 Å². The van der Waals surface area contributed by atoms with E-state index >= 15 is 0 Å². The van der Waals surface area contributed by atoms with Crippen molar-refractivity contribution in [2.45, 2.75) is 148 Å². The van der Waals surface area contributed by atoms with Crippen LogP contribution in [0.2, 0.25) is 36.3 Å². The number of rotatable bonds is 14. The lowest BCUT2D eigenvalue weighted by molar-refractivity contribution is -0.212. The quantitative estimate of drug-likeness (QED) is 0.114. The molecule has 1 fully saturated rings. The molecule has 2 aromatic carbocycles. The molecule has 1 atom stereocenters. The summed E-state index contributed by atoms with van der Waals surface area (Å²) in [4.78, 5) is 12.1. The molecular formula is C39H62O5Si2. The lowest BCUT2D eigenvalue weighted by Crippen LogP contribution is -2.45. The maximum absolute atomic E-state index is 12.1. The highest BCUT2D eigenvalue weighted by Crippen LogP contribution is 2.44. The molecule has 0 radical (unpaired) electrons. The minimum atomic E-state index is -2.07. The Morgan fingerprint density at radius 3 is 2.00 bits per heavy atom. The van der Waals surface area contributed by atoms with Gasteiger partial charge in [-0.15, -0.1) is 0 Å². The Kier molecular flexibility index (Phi) is 12.8. The second-order valence-corrected chi connectivity index (χ2v) is 26.2. The van der Waals surface area contributed by atoms with Crippen LogP contribution in [-0.2, 0) is 20.7 Å². The summed E-state index contributed by atoms with van der Waals surface area (Å²) < 4.78 is 25.2. The van der Waals surface area contributed by atoms with Crippen molar-refractivity contribution >= 4 is 34.6 Å². The highest BCUT2D eigenvalue weighted by Gasteiger charge is 2.42. The monoisotopic (exact) mass is 666 g/mol. The van der Waals surface area contributed by atoms with Crippen molar-refractivity contribution in [1.29, 1.82) is 0 Å². The zero-order valence-corrected chi connectivity index (χ0v) is 33.0. The van der Waals surface area contributed by atoms with Crippen LogP contribution in [0.4, 0.5) is 0 Å². The first-order valence-electron chi connectivity index (χ1n) is 17.3. The number of aryl methyl sites for hydroxylation is 1. The summed E-state index contributed by atoms with van der Waals surface area (Å²) >= 11 is 0. The topological polar surface area (TPSA) is 54.0 Å². The molecule has 0 aromatic heterocycles. The molecule has 0 N–H and O–H groups in total. The van der Waals surface area contributed by atoms with Gasteiger partial charge in [-0.2, -0.15) is 0 Å². The molecule has 1 heterocycles. The molecule has 5 nitrogen and oxygen atoms in total. The summed E-state index contributed by atoms with van der Waals surface area (Å²) in [7, 11) is -4.11. The molecule has 3 rings (SSSR count). The summed E-state index contributed by atoms with van der Waals surface area (Å²) in [5.74, 6) is 1.79. The molecule has 256 valence electrons. The van der Waals surface area contributed by atoms with Crippen molar-refractivity contribution in [1.82, 2.24) is 0 Å². The SMILES string of the molecule is CC(C)(CCCCCc1cccc(C=Cc2ccc(O[Si](C)(C)C(C)(C)C)c(O[Si](C)(C)C(C)(C)C)c2)c1)OC1OCCCC1=O. The van der Waals surface area contributed by atoms with E-state index in [4.69, 9.17) is 18.3 Å². The Morgan fingerprint density at radius 1 is 0.783 bits per heavy atom. The molecule has 2 aromatic rings. The number of hydrogen-bond acceptors (Lipinski definition) is 5. The molecule has 1 unspecified atom stereocenters. The van der Waals surface area contributed by atoms with Gasteiger partial charge in [-0.1, -0.05) is 96.9 Å². The highest BCUT2D eigenvalue weighted by atomic mass is 28.4. The van der Waals surface area contributed by atoms with E-state index in [1.807, 2.05) is 0 Å². The number of unbranched alkanes of at least 4 members (excludes halogenated alkanes) is 2. The first-order valence-corrected chi connectivity index (χ1v) is 23.1. The summed E-state index contributed by atoms with van der Waals surface area (Å²) in [6.45, 7) is 27.5. The first kappa shape index (κ1) is 38.3. The van der Waals surface area contributed by atoms with Crippen LogP contribution >= 0.6 is 0 Å². The predicted octanol–water partition coefficient (Wildman–Crippen LogP) is 11.2. The molecule has 0 bridgehead atoms. The fraction of sp³-hybridized carbons (Fsp3) is 0.615. The van der Waals surface area contributed by atoms with Crippen LogP contribution in [-0.4, -0.2) is 40.9 Å². The second kappa shape index (κ2) is 15.4. The summed E-state index contributed by atoms with van der Waals surface area (Å²) in [6, 6.07) is 15.2. The van der Waals surface area contributed by atoms with Crippen molar-refractivity contribution in [2.24, 2.45) is 0 Å². The maximum atomic E-state index is 12.1. The summed E-state index contributed by atoms with van der Waals surface area (Å²) in [5, 5.41) is 0.184. The van der Waals surface area contributed by atoms with Crippen LogP contribution in [0.5, 0.6) is 11.5 Å². The molecule has 0 amide bonds. The molecular weight excluding hydrogens is 605 g/mol. The third-order valence-corrected chi connectivity index (χ3v) is 18.7. The number of benzene rings is 2. The third-order valence-electron chi connectivity index (χ3n) is 10.00. The van der Waals surface area contributed by atoms with Gasteiger partial charge in [0.25, 0.3) is 16.6 Å². The molecule has 0 saturated carbocycles. The number of Topliss-reactive ketones (excluding diaryl/α,β-unsaturated/α-hetero) is 1. The van der Waals surface area contributed by atoms with Crippen molar-refractivity contribution in [3.8, 4) is 11.5 Å². The zero-order valence-electron chi connectivity index (χ0n) is 31.0. The van der Waals surface area contributed by atoms with Crippen molar-refractivity contribution in [2.75, 3.05) is 6.61 Å². The fourth-order valence-electron chi connectivity index (χ4n) is 4.85. The van der Waals surface area contributed by atoms with E-state index in [0.29, 0.717) is 13.0 Å². The molecule has 46 heavy (non-hydrogen) atoms. The first-order chi connectivity index (χ1) is 21.2. The molecule has 1 aliphatic heterocycles. The van der Waals surface area contributed by atoms with E-state index in [2.05, 4.69) is 136 Å². The Hall–Kier alpha value is -2.20. The minimum Gasteiger partial charge on any atom is -0.541 e. The van der Waals surface area contributed by atoms with Gasteiger partial charge in [-0.05, 0) is 105 Å². The van der Waals surface area contributed by atoms with Crippen LogP contribution in [0.1, 0.15) is 111 Å². The average molecular weight is 667 g/mol. The number of carbonyl (C=O) groups excluding carboxylic acids is 1. The largest absolute Gasteiger partial charge is 0.541 e. The molecule has 0 spiro atoms. The van der Waals surface area contributed by atoms with E-state index in [1.54, 1.807) is 0 Å². The maximum Gasteiger partial charge on any atom is 0.250 e. The number of ether oxygens (including phenoxy) is 2. The van der Waals surface area contributed by atoms with Gasteiger partial charge in [0.1, 0.15) is 11.5 Å². The molecule has 7 heteroatoms. The van der Waals surface area contributed by atoms with Gasteiger partial charge in [0.2, 0.25) is 6.29 Å². The Bertz CT molecular complexity index is 1330. The fourth-order valence-corrected chi connectivity index (χ4v) is 6.89. The summed E-state index contributed by atoms with van der Waals surface area (Å²) in [6.07, 6.45) is 10.3. The number of hydrogen-bond donors (Lipinski definition) is 0. The van der Waals surface area contributed by atoms with Crippen LogP contribution in [0.25, 0.3) is 12.2 Å². The lowest BCUT2D eigenvalue weighted by atomic mass is 9.98. The van der Waals surface area contributed by atoms with E-state index in [-0.39, 0.29) is 21.5 Å². The van der Waals surface area contributed by atoms with Gasteiger partial charge < -0.3 is 18.3 Å².